The summed E-state index contributed by atoms with van der Waals surface area (Å²) in [5, 5.41) is 3.41. The molecule has 1 saturated heterocycles. The molecule has 1 fully saturated rings. The molecule has 0 bridgehead atoms. The number of aryl methyl sites for hydroxylation is 1. The second-order valence-electron chi connectivity index (χ2n) is 4.57. The molecule has 1 aliphatic rings. The van der Waals surface area contributed by atoms with Crippen molar-refractivity contribution < 1.29 is 0 Å². The zero-order valence-electron chi connectivity index (χ0n) is 11.0. The SMILES string of the molecule is Cc1ncsc1CCN(C)C1CCNCC1.Cl.Cl. The number of piperidine rings is 1. The van der Waals surface area contributed by atoms with Gasteiger partial charge in [0, 0.05) is 17.5 Å². The lowest BCUT2D eigenvalue weighted by Crippen LogP contribution is -2.41. The van der Waals surface area contributed by atoms with Gasteiger partial charge in [0.15, 0.2) is 0 Å². The van der Waals surface area contributed by atoms with E-state index in [9.17, 15) is 0 Å². The van der Waals surface area contributed by atoms with Crippen LogP contribution in [0.5, 0.6) is 0 Å². The first-order chi connectivity index (χ1) is 7.77. The standard InChI is InChI=1S/C12H21N3S.2ClH/c1-10-12(16-9-14-10)5-8-15(2)11-3-6-13-7-4-11;;/h9,11,13H,3-8H2,1-2H3;2*1H. The average molecular weight is 312 g/mol. The summed E-state index contributed by atoms with van der Waals surface area (Å²) < 4.78 is 0. The molecule has 1 aromatic heterocycles. The van der Waals surface area contributed by atoms with Crippen LogP contribution in [0.4, 0.5) is 0 Å². The van der Waals surface area contributed by atoms with E-state index in [1.54, 1.807) is 11.3 Å². The Morgan fingerprint density at radius 3 is 2.61 bits per heavy atom. The average Bonchev–Trinajstić information content (AvgIpc) is 2.73. The number of nitrogens with zero attached hydrogens (tertiary/aromatic N) is 2. The van der Waals surface area contributed by atoms with Crippen molar-refractivity contribution in [3.8, 4) is 0 Å². The maximum Gasteiger partial charge on any atom is 0.0797 e. The summed E-state index contributed by atoms with van der Waals surface area (Å²) >= 11 is 1.79. The van der Waals surface area contributed by atoms with Gasteiger partial charge in [0.2, 0.25) is 0 Å². The number of aromatic nitrogens is 1. The van der Waals surface area contributed by atoms with E-state index in [2.05, 4.69) is 29.2 Å². The minimum absolute atomic E-state index is 0. The molecule has 0 unspecified atom stereocenters. The van der Waals surface area contributed by atoms with Crippen LogP contribution in [0.3, 0.4) is 0 Å². The van der Waals surface area contributed by atoms with E-state index >= 15 is 0 Å². The fourth-order valence-corrected chi connectivity index (χ4v) is 3.04. The minimum atomic E-state index is 0. The molecule has 2 rings (SSSR count). The highest BCUT2D eigenvalue weighted by molar-refractivity contribution is 7.09. The molecule has 0 radical (unpaired) electrons. The van der Waals surface area contributed by atoms with Gasteiger partial charge in [-0.1, -0.05) is 0 Å². The topological polar surface area (TPSA) is 28.2 Å². The highest BCUT2D eigenvalue weighted by atomic mass is 35.5. The first-order valence-corrected chi connectivity index (χ1v) is 6.95. The normalized spacial score (nSPS) is 16.2. The van der Waals surface area contributed by atoms with Gasteiger partial charge in [-0.05, 0) is 46.3 Å². The lowest BCUT2D eigenvalue weighted by molar-refractivity contribution is 0.201. The van der Waals surface area contributed by atoms with E-state index in [1.807, 2.05) is 5.51 Å². The van der Waals surface area contributed by atoms with Crippen LogP contribution in [-0.4, -0.2) is 42.6 Å². The van der Waals surface area contributed by atoms with Crippen LogP contribution in [0, 0.1) is 6.92 Å². The quantitative estimate of drug-likeness (QED) is 0.926. The van der Waals surface area contributed by atoms with Gasteiger partial charge in [-0.3, -0.25) is 0 Å². The molecule has 0 atom stereocenters. The Balaban J connectivity index is 0.00000144. The third-order valence-electron chi connectivity index (χ3n) is 3.47. The summed E-state index contributed by atoms with van der Waals surface area (Å²) in [4.78, 5) is 8.26. The first-order valence-electron chi connectivity index (χ1n) is 6.07. The van der Waals surface area contributed by atoms with Gasteiger partial charge in [-0.25, -0.2) is 4.98 Å². The van der Waals surface area contributed by atoms with Crippen molar-refractivity contribution in [1.29, 1.82) is 0 Å². The predicted octanol–water partition coefficient (Wildman–Crippen LogP) is 2.52. The lowest BCUT2D eigenvalue weighted by Gasteiger charge is -2.31. The highest BCUT2D eigenvalue weighted by Gasteiger charge is 2.17. The molecular weight excluding hydrogens is 289 g/mol. The van der Waals surface area contributed by atoms with Gasteiger partial charge in [0.1, 0.15) is 0 Å². The summed E-state index contributed by atoms with van der Waals surface area (Å²) in [5.74, 6) is 0. The molecule has 1 aromatic rings. The first kappa shape index (κ1) is 18.1. The number of nitrogens with one attached hydrogen (secondary N) is 1. The van der Waals surface area contributed by atoms with Gasteiger partial charge < -0.3 is 10.2 Å². The molecule has 18 heavy (non-hydrogen) atoms. The molecule has 3 nitrogen and oxygen atoms in total. The van der Waals surface area contributed by atoms with Crippen molar-refractivity contribution in [3.05, 3.63) is 16.1 Å². The molecule has 0 amide bonds. The van der Waals surface area contributed by atoms with Crippen molar-refractivity contribution >= 4 is 36.2 Å². The second kappa shape index (κ2) is 9.10. The van der Waals surface area contributed by atoms with Gasteiger partial charge in [-0.2, -0.15) is 0 Å². The van der Waals surface area contributed by atoms with Crippen molar-refractivity contribution in [2.24, 2.45) is 0 Å². The Morgan fingerprint density at radius 2 is 2.06 bits per heavy atom. The summed E-state index contributed by atoms with van der Waals surface area (Å²) in [6, 6.07) is 0.773. The number of thiazole rings is 1. The summed E-state index contributed by atoms with van der Waals surface area (Å²) in [6.45, 7) is 5.62. The monoisotopic (exact) mass is 311 g/mol. The number of likely N-dealkylation sites (N-methyl/N-ethyl adjacent to an activating group) is 1. The number of hydrogen-bond donors (Lipinski definition) is 1. The fraction of sp³-hybridized carbons (Fsp3) is 0.750. The van der Waals surface area contributed by atoms with Crippen LogP contribution >= 0.6 is 36.2 Å². The van der Waals surface area contributed by atoms with Crippen LogP contribution in [0.25, 0.3) is 0 Å². The van der Waals surface area contributed by atoms with Crippen molar-refractivity contribution in [3.63, 3.8) is 0 Å². The maximum atomic E-state index is 4.30. The largest absolute Gasteiger partial charge is 0.317 e. The molecule has 0 aliphatic carbocycles. The molecular formula is C12H23Cl2N3S. The number of rotatable bonds is 4. The van der Waals surface area contributed by atoms with Gasteiger partial charge in [-0.15, -0.1) is 36.2 Å². The smallest absolute Gasteiger partial charge is 0.0797 e. The van der Waals surface area contributed by atoms with Crippen LogP contribution in [0.15, 0.2) is 5.51 Å². The van der Waals surface area contributed by atoms with E-state index in [4.69, 9.17) is 0 Å². The van der Waals surface area contributed by atoms with Gasteiger partial charge in [0.05, 0.1) is 11.2 Å². The van der Waals surface area contributed by atoms with Crippen molar-refractivity contribution in [1.82, 2.24) is 15.2 Å². The van der Waals surface area contributed by atoms with Gasteiger partial charge in [0.25, 0.3) is 0 Å². The van der Waals surface area contributed by atoms with E-state index in [-0.39, 0.29) is 24.8 Å². The molecule has 0 saturated carbocycles. The van der Waals surface area contributed by atoms with Crippen molar-refractivity contribution in [2.75, 3.05) is 26.7 Å². The molecule has 1 N–H and O–H groups in total. The van der Waals surface area contributed by atoms with Crippen LogP contribution in [0.2, 0.25) is 0 Å². The van der Waals surface area contributed by atoms with E-state index < -0.39 is 0 Å². The Morgan fingerprint density at radius 1 is 1.39 bits per heavy atom. The summed E-state index contributed by atoms with van der Waals surface area (Å²) in [6.07, 6.45) is 3.73. The molecule has 1 aliphatic heterocycles. The van der Waals surface area contributed by atoms with Crippen molar-refractivity contribution in [2.45, 2.75) is 32.2 Å². The van der Waals surface area contributed by atoms with E-state index in [0.29, 0.717) is 0 Å². The Bertz CT molecular complexity index is 327. The maximum absolute atomic E-state index is 4.30. The molecule has 6 heteroatoms. The Labute approximate surface area is 126 Å². The zero-order valence-corrected chi connectivity index (χ0v) is 13.5. The minimum Gasteiger partial charge on any atom is -0.317 e. The summed E-state index contributed by atoms with van der Waals surface area (Å²) in [7, 11) is 2.26. The van der Waals surface area contributed by atoms with Gasteiger partial charge >= 0.3 is 0 Å². The second-order valence-corrected chi connectivity index (χ2v) is 5.51. The molecule has 0 spiro atoms. The number of hydrogen-bond acceptors (Lipinski definition) is 4. The Kier molecular flexibility index (Phi) is 9.17. The zero-order chi connectivity index (χ0) is 11.4. The number of halogens is 2. The van der Waals surface area contributed by atoms with Crippen LogP contribution in [0.1, 0.15) is 23.4 Å². The highest BCUT2D eigenvalue weighted by Crippen LogP contribution is 2.15. The lowest BCUT2D eigenvalue weighted by atomic mass is 10.1. The Hall–Kier alpha value is 0.130. The molecule has 2 heterocycles. The van der Waals surface area contributed by atoms with Crippen LogP contribution in [-0.2, 0) is 6.42 Å². The predicted molar refractivity (Wildman–Crippen MR) is 83.6 cm³/mol. The van der Waals surface area contributed by atoms with Crippen LogP contribution < -0.4 is 5.32 Å². The summed E-state index contributed by atoms with van der Waals surface area (Å²) in [5.41, 5.74) is 3.17. The third-order valence-corrected chi connectivity index (χ3v) is 4.46. The molecule has 106 valence electrons. The third kappa shape index (κ3) is 5.02. The molecule has 0 aromatic carbocycles. The van der Waals surface area contributed by atoms with E-state index in [0.717, 1.165) is 19.0 Å². The fourth-order valence-electron chi connectivity index (χ4n) is 2.27. The van der Waals surface area contributed by atoms with E-state index in [1.165, 1.54) is 36.5 Å².